The van der Waals surface area contributed by atoms with Crippen molar-refractivity contribution in [3.05, 3.63) is 71.1 Å². The first-order valence-electron chi connectivity index (χ1n) is 15.1. The molecule has 1 aliphatic heterocycles. The summed E-state index contributed by atoms with van der Waals surface area (Å²) in [5.74, 6) is 1.68. The number of aliphatic hydroxyl groups is 1. The Morgan fingerprint density at radius 3 is 2.62 bits per heavy atom. The summed E-state index contributed by atoms with van der Waals surface area (Å²) in [7, 11) is 0. The van der Waals surface area contributed by atoms with Gasteiger partial charge in [-0.2, -0.15) is 0 Å². The van der Waals surface area contributed by atoms with Gasteiger partial charge >= 0.3 is 5.97 Å². The molecule has 4 aromatic rings. The monoisotopic (exact) mass is 567 g/mol. The van der Waals surface area contributed by atoms with Gasteiger partial charge in [-0.3, -0.25) is 0 Å². The van der Waals surface area contributed by atoms with E-state index < -0.39 is 5.97 Å². The lowest BCUT2D eigenvalue weighted by molar-refractivity contribution is 0.0282. The van der Waals surface area contributed by atoms with Crippen molar-refractivity contribution in [1.29, 1.82) is 0 Å². The Hall–Kier alpha value is -3.91. The van der Waals surface area contributed by atoms with Crippen molar-refractivity contribution in [2.24, 2.45) is 11.3 Å². The number of anilines is 1. The molecule has 7 rings (SSSR count). The zero-order chi connectivity index (χ0) is 28.8. The maximum absolute atomic E-state index is 11.6. The number of aliphatic hydroxyl groups excluding tert-OH is 1. The molecule has 0 radical (unpaired) electrons. The average Bonchev–Trinajstić information content (AvgIpc) is 3.75. The van der Waals surface area contributed by atoms with Crippen LogP contribution in [0, 0.1) is 18.3 Å². The molecule has 0 bridgehead atoms. The molecular formula is C34H37N3O5. The second-order valence-electron chi connectivity index (χ2n) is 12.5. The van der Waals surface area contributed by atoms with E-state index in [0.717, 1.165) is 54.9 Å². The second kappa shape index (κ2) is 10.7. The zero-order valence-electron chi connectivity index (χ0n) is 24.0. The van der Waals surface area contributed by atoms with Crippen LogP contribution >= 0.6 is 0 Å². The van der Waals surface area contributed by atoms with E-state index in [0.29, 0.717) is 28.5 Å². The molecule has 2 saturated carbocycles. The summed E-state index contributed by atoms with van der Waals surface area (Å²) in [6, 6.07) is 15.9. The molecule has 3 fully saturated rings. The fourth-order valence-corrected chi connectivity index (χ4v) is 7.25. The number of piperidine rings is 1. The number of hydrogen-bond donors (Lipinski definition) is 2. The van der Waals surface area contributed by atoms with Gasteiger partial charge in [0.25, 0.3) is 0 Å². The molecule has 3 heterocycles. The van der Waals surface area contributed by atoms with Crippen molar-refractivity contribution in [3.63, 3.8) is 0 Å². The van der Waals surface area contributed by atoms with Crippen LogP contribution in [0.25, 0.3) is 22.2 Å². The molecule has 1 saturated heterocycles. The normalized spacial score (nSPS) is 18.4. The first-order valence-corrected chi connectivity index (χ1v) is 15.1. The van der Waals surface area contributed by atoms with Crippen molar-refractivity contribution in [2.45, 2.75) is 57.8 Å². The van der Waals surface area contributed by atoms with Crippen LogP contribution in [-0.2, 0) is 6.42 Å². The van der Waals surface area contributed by atoms with E-state index in [9.17, 15) is 15.0 Å². The number of ether oxygens (including phenoxy) is 1. The van der Waals surface area contributed by atoms with E-state index in [1.807, 2.05) is 18.2 Å². The smallest absolute Gasteiger partial charge is 0.354 e. The molecule has 2 aromatic carbocycles. The summed E-state index contributed by atoms with van der Waals surface area (Å²) in [5, 5.41) is 24.1. The van der Waals surface area contributed by atoms with Gasteiger partial charge in [0.2, 0.25) is 0 Å². The van der Waals surface area contributed by atoms with Gasteiger partial charge in [-0.25, -0.2) is 9.78 Å². The predicted molar refractivity (Wildman–Crippen MR) is 160 cm³/mol. The number of benzene rings is 2. The predicted octanol–water partition coefficient (Wildman–Crippen LogP) is 6.38. The number of nitrogens with zero attached hydrogens (tertiary/aromatic N) is 3. The lowest BCUT2D eigenvalue weighted by Gasteiger charge is -2.53. The number of carboxylic acid groups (broad SMARTS) is 1. The van der Waals surface area contributed by atoms with Crippen LogP contribution < -0.4 is 9.64 Å². The van der Waals surface area contributed by atoms with Crippen LogP contribution in [0.15, 0.2) is 53.1 Å². The van der Waals surface area contributed by atoms with Gasteiger partial charge in [-0.15, -0.1) is 0 Å². The maximum Gasteiger partial charge on any atom is 0.354 e. The minimum absolute atomic E-state index is 0.0656. The number of hydrogen-bond acceptors (Lipinski definition) is 7. The van der Waals surface area contributed by atoms with E-state index in [4.69, 9.17) is 9.26 Å². The molecule has 3 aliphatic rings. The Bertz CT molecular complexity index is 1630. The number of pyridine rings is 1. The Labute approximate surface area is 245 Å². The highest BCUT2D eigenvalue weighted by Crippen LogP contribution is 2.55. The Kier molecular flexibility index (Phi) is 6.89. The van der Waals surface area contributed by atoms with Gasteiger partial charge in [0.15, 0.2) is 5.69 Å². The molecular weight excluding hydrogens is 530 g/mol. The van der Waals surface area contributed by atoms with Crippen molar-refractivity contribution in [3.8, 4) is 17.0 Å². The van der Waals surface area contributed by atoms with Crippen LogP contribution in [0.5, 0.6) is 5.75 Å². The number of carboxylic acids is 1. The molecule has 0 atom stereocenters. The molecule has 2 aromatic heterocycles. The van der Waals surface area contributed by atoms with E-state index in [2.05, 4.69) is 46.2 Å². The van der Waals surface area contributed by atoms with Gasteiger partial charge in [0.05, 0.1) is 12.1 Å². The molecule has 2 N–H and O–H groups in total. The Balaban J connectivity index is 1.03. The summed E-state index contributed by atoms with van der Waals surface area (Å²) in [5.41, 5.74) is 6.84. The number of rotatable bonds is 9. The number of fused-ring (bicyclic) bond motifs is 1. The van der Waals surface area contributed by atoms with Gasteiger partial charge in [0, 0.05) is 47.3 Å². The topological polar surface area (TPSA) is 109 Å². The van der Waals surface area contributed by atoms with Gasteiger partial charge in [-0.1, -0.05) is 29.4 Å². The summed E-state index contributed by atoms with van der Waals surface area (Å²) < 4.78 is 11.7. The third-order valence-electron chi connectivity index (χ3n) is 9.61. The van der Waals surface area contributed by atoms with Crippen LogP contribution in [0.4, 0.5) is 5.69 Å². The maximum atomic E-state index is 11.6. The van der Waals surface area contributed by atoms with E-state index in [-0.39, 0.29) is 18.9 Å². The molecule has 2 aliphatic carbocycles. The van der Waals surface area contributed by atoms with Crippen LogP contribution in [0.1, 0.15) is 71.8 Å². The zero-order valence-corrected chi connectivity index (χ0v) is 24.0. The van der Waals surface area contributed by atoms with E-state index in [1.54, 1.807) is 0 Å². The quantitative estimate of drug-likeness (QED) is 0.240. The molecule has 8 nitrogen and oxygen atoms in total. The first-order chi connectivity index (χ1) is 20.4. The molecule has 0 amide bonds. The molecule has 8 heteroatoms. The number of aromatic nitrogens is 2. The fourth-order valence-electron chi connectivity index (χ4n) is 7.25. The average molecular weight is 568 g/mol. The SMILES string of the molecule is Cc1ccccc1-c1noc(C2CC2)c1CC1CC2(CCN(c3ccc4nc(C(=O)O)cc(OCCO)c4c3)CC2)C1. The van der Waals surface area contributed by atoms with Crippen molar-refractivity contribution < 1.29 is 24.3 Å². The van der Waals surface area contributed by atoms with Gasteiger partial charge in [-0.05, 0) is 87.0 Å². The molecule has 42 heavy (non-hydrogen) atoms. The van der Waals surface area contributed by atoms with Crippen LogP contribution in [-0.4, -0.2) is 52.6 Å². The lowest BCUT2D eigenvalue weighted by atomic mass is 9.56. The minimum Gasteiger partial charge on any atom is -0.490 e. The second-order valence-corrected chi connectivity index (χ2v) is 12.5. The number of carbonyl (C=O) groups is 1. The van der Waals surface area contributed by atoms with Crippen LogP contribution in [0.2, 0.25) is 0 Å². The fraction of sp³-hybridized carbons (Fsp3) is 0.441. The van der Waals surface area contributed by atoms with Crippen molar-refractivity contribution >= 4 is 22.6 Å². The number of aromatic carboxylic acids is 1. The summed E-state index contributed by atoms with van der Waals surface area (Å²) >= 11 is 0. The Morgan fingerprint density at radius 1 is 1.12 bits per heavy atom. The summed E-state index contributed by atoms with van der Waals surface area (Å²) in [6.45, 7) is 4.08. The molecule has 1 spiro atoms. The Morgan fingerprint density at radius 2 is 1.90 bits per heavy atom. The van der Waals surface area contributed by atoms with Crippen molar-refractivity contribution in [2.75, 3.05) is 31.2 Å². The third kappa shape index (κ3) is 5.02. The van der Waals surface area contributed by atoms with Gasteiger partial charge < -0.3 is 24.4 Å². The van der Waals surface area contributed by atoms with E-state index in [1.165, 1.54) is 48.4 Å². The molecule has 218 valence electrons. The highest BCUT2D eigenvalue weighted by Gasteiger charge is 2.46. The lowest BCUT2D eigenvalue weighted by Crippen LogP contribution is -2.47. The summed E-state index contributed by atoms with van der Waals surface area (Å²) in [6.07, 6.45) is 8.30. The highest BCUT2D eigenvalue weighted by molar-refractivity contribution is 5.94. The number of aryl methyl sites for hydroxylation is 1. The van der Waals surface area contributed by atoms with E-state index >= 15 is 0 Å². The first kappa shape index (κ1) is 27.0. The minimum atomic E-state index is -1.10. The molecule has 0 unspecified atom stereocenters. The standard InChI is InChI=1S/C34H37N3O5/c1-21-4-2-3-5-25(21)31-27(32(42-36-31)23-6-7-23)16-22-19-34(20-22)10-12-37(13-11-34)24-8-9-28-26(17-24)30(41-15-14-38)18-29(35-28)33(39)40/h2-5,8-9,17-18,22-23,38H,6-7,10-16,19-20H2,1H3,(H,39,40). The highest BCUT2D eigenvalue weighted by atomic mass is 16.5. The van der Waals surface area contributed by atoms with Crippen molar-refractivity contribution in [1.82, 2.24) is 10.1 Å². The van der Waals surface area contributed by atoms with Gasteiger partial charge in [0.1, 0.15) is 23.8 Å². The summed E-state index contributed by atoms with van der Waals surface area (Å²) in [4.78, 5) is 18.3. The van der Waals surface area contributed by atoms with Crippen LogP contribution in [0.3, 0.4) is 0 Å². The largest absolute Gasteiger partial charge is 0.490 e. The third-order valence-corrected chi connectivity index (χ3v) is 9.61.